The maximum Gasteiger partial charge on any atom is 0.270 e. The first-order valence-electron chi connectivity index (χ1n) is 11.5. The van der Waals surface area contributed by atoms with Gasteiger partial charge in [-0.3, -0.25) is 14.3 Å². The van der Waals surface area contributed by atoms with Crippen molar-refractivity contribution in [3.05, 3.63) is 41.1 Å². The molecule has 168 valence electrons. The van der Waals surface area contributed by atoms with Crippen molar-refractivity contribution in [2.45, 2.75) is 65.0 Å². The predicted molar refractivity (Wildman–Crippen MR) is 122 cm³/mol. The van der Waals surface area contributed by atoms with Gasteiger partial charge >= 0.3 is 0 Å². The normalized spacial score (nSPS) is 18.3. The Morgan fingerprint density at radius 1 is 1.12 bits per heavy atom. The fraction of sp³-hybridized carbons (Fsp3) is 0.520. The van der Waals surface area contributed by atoms with E-state index in [-0.39, 0.29) is 29.8 Å². The number of nitrogens with zero attached hydrogens (tertiary/aromatic N) is 4. The van der Waals surface area contributed by atoms with E-state index < -0.39 is 0 Å². The number of hydrogen-bond donors (Lipinski definition) is 1. The van der Waals surface area contributed by atoms with Crippen LogP contribution in [-0.2, 0) is 4.79 Å². The van der Waals surface area contributed by atoms with Crippen LogP contribution in [-0.4, -0.2) is 45.6 Å². The molecule has 0 bridgehead atoms. The van der Waals surface area contributed by atoms with Crippen molar-refractivity contribution in [1.82, 2.24) is 20.0 Å². The molecule has 2 amide bonds. The van der Waals surface area contributed by atoms with Crippen molar-refractivity contribution in [2.24, 2.45) is 5.92 Å². The van der Waals surface area contributed by atoms with Gasteiger partial charge in [-0.05, 0) is 51.2 Å². The van der Waals surface area contributed by atoms with Gasteiger partial charge in [-0.2, -0.15) is 10.4 Å². The van der Waals surface area contributed by atoms with Gasteiger partial charge in [-0.15, -0.1) is 0 Å². The van der Waals surface area contributed by atoms with Gasteiger partial charge < -0.3 is 10.2 Å². The molecule has 1 atom stereocenters. The zero-order valence-corrected chi connectivity index (χ0v) is 19.3. The van der Waals surface area contributed by atoms with Crippen molar-refractivity contribution >= 4 is 11.8 Å². The van der Waals surface area contributed by atoms with Crippen molar-refractivity contribution in [1.29, 1.82) is 5.26 Å². The molecule has 1 aromatic carbocycles. The quantitative estimate of drug-likeness (QED) is 0.749. The van der Waals surface area contributed by atoms with Gasteiger partial charge in [-0.25, -0.2) is 0 Å². The lowest BCUT2D eigenvalue weighted by molar-refractivity contribution is -0.133. The van der Waals surface area contributed by atoms with Crippen LogP contribution >= 0.6 is 0 Å². The summed E-state index contributed by atoms with van der Waals surface area (Å²) >= 11 is 0. The highest BCUT2D eigenvalue weighted by Gasteiger charge is 2.37. The maximum atomic E-state index is 13.5. The summed E-state index contributed by atoms with van der Waals surface area (Å²) < 4.78 is 1.84. The van der Waals surface area contributed by atoms with E-state index in [9.17, 15) is 9.59 Å². The number of benzene rings is 1. The minimum absolute atomic E-state index is 0.0305. The summed E-state index contributed by atoms with van der Waals surface area (Å²) in [4.78, 5) is 27.7. The SMILES string of the molecule is CC(C)C(=O)N1CC[C@H](NC(=O)c2c(C3CC3)c(-c3ccc(C#N)cc3)nn2C(C)C)C1. The molecule has 1 saturated heterocycles. The Hall–Kier alpha value is -3.14. The fourth-order valence-electron chi connectivity index (χ4n) is 4.42. The van der Waals surface area contributed by atoms with Gasteiger partial charge in [0.1, 0.15) is 5.69 Å². The van der Waals surface area contributed by atoms with Crippen LogP contribution in [0.25, 0.3) is 11.3 Å². The molecule has 2 aliphatic rings. The number of nitrogens with one attached hydrogen (secondary N) is 1. The summed E-state index contributed by atoms with van der Waals surface area (Å²) in [6.07, 6.45) is 2.86. The smallest absolute Gasteiger partial charge is 0.270 e. The molecule has 1 N–H and O–H groups in total. The number of amides is 2. The van der Waals surface area contributed by atoms with Crippen LogP contribution in [0.15, 0.2) is 24.3 Å². The molecule has 1 aliphatic heterocycles. The molecule has 2 aromatic rings. The highest BCUT2D eigenvalue weighted by molar-refractivity contribution is 5.96. The minimum Gasteiger partial charge on any atom is -0.346 e. The van der Waals surface area contributed by atoms with Crippen LogP contribution in [0.1, 0.15) is 80.5 Å². The molecule has 1 aliphatic carbocycles. The molecule has 7 heteroatoms. The van der Waals surface area contributed by atoms with E-state index in [1.807, 2.05) is 49.4 Å². The van der Waals surface area contributed by atoms with Gasteiger partial charge in [0.25, 0.3) is 5.91 Å². The summed E-state index contributed by atoms with van der Waals surface area (Å²) in [5.74, 6) is 0.312. The van der Waals surface area contributed by atoms with E-state index in [1.165, 1.54) is 0 Å². The third-order valence-corrected chi connectivity index (χ3v) is 6.25. The van der Waals surface area contributed by atoms with Crippen LogP contribution in [0.5, 0.6) is 0 Å². The van der Waals surface area contributed by atoms with Crippen LogP contribution in [0, 0.1) is 17.2 Å². The summed E-state index contributed by atoms with van der Waals surface area (Å²) in [5.41, 5.74) is 4.00. The molecule has 4 rings (SSSR count). The second-order valence-electron chi connectivity index (χ2n) is 9.51. The zero-order chi connectivity index (χ0) is 23.0. The molecular formula is C25H31N5O2. The maximum absolute atomic E-state index is 13.5. The number of nitriles is 1. The minimum atomic E-state index is -0.114. The Morgan fingerprint density at radius 3 is 2.38 bits per heavy atom. The topological polar surface area (TPSA) is 91.0 Å². The molecular weight excluding hydrogens is 402 g/mol. The predicted octanol–water partition coefficient (Wildman–Crippen LogP) is 3.87. The average molecular weight is 434 g/mol. The molecule has 0 spiro atoms. The Balaban J connectivity index is 1.64. The molecule has 0 unspecified atom stereocenters. The summed E-state index contributed by atoms with van der Waals surface area (Å²) in [7, 11) is 0. The molecule has 1 aromatic heterocycles. The highest BCUT2D eigenvalue weighted by atomic mass is 16.2. The standard InChI is InChI=1S/C25H31N5O2/c1-15(2)25(32)29-12-11-20(14-29)27-24(31)23-21(18-9-10-18)22(28-30(23)16(3)4)19-7-5-17(13-26)6-8-19/h5-8,15-16,18,20H,9-12,14H2,1-4H3,(H,27,31)/t20-/m0/s1. The van der Waals surface area contributed by atoms with Gasteiger partial charge in [0.2, 0.25) is 5.91 Å². The lowest BCUT2D eigenvalue weighted by Crippen LogP contribution is -2.40. The van der Waals surface area contributed by atoms with Crippen LogP contribution in [0.3, 0.4) is 0 Å². The molecule has 0 radical (unpaired) electrons. The first-order valence-corrected chi connectivity index (χ1v) is 11.5. The van der Waals surface area contributed by atoms with Gasteiger partial charge in [0.15, 0.2) is 0 Å². The average Bonchev–Trinajstić information content (AvgIpc) is 3.37. The number of carbonyl (C=O) groups is 2. The lowest BCUT2D eigenvalue weighted by Gasteiger charge is -2.19. The summed E-state index contributed by atoms with van der Waals surface area (Å²) in [6.45, 7) is 9.10. The number of likely N-dealkylation sites (tertiary alicyclic amines) is 1. The number of rotatable bonds is 6. The second-order valence-corrected chi connectivity index (χ2v) is 9.51. The second kappa shape index (κ2) is 8.78. The molecule has 1 saturated carbocycles. The summed E-state index contributed by atoms with van der Waals surface area (Å²) in [5, 5.41) is 17.2. The highest BCUT2D eigenvalue weighted by Crippen LogP contribution is 2.46. The summed E-state index contributed by atoms with van der Waals surface area (Å²) in [6, 6.07) is 9.53. The third-order valence-electron chi connectivity index (χ3n) is 6.25. The monoisotopic (exact) mass is 433 g/mol. The van der Waals surface area contributed by atoms with Gasteiger partial charge in [0.05, 0.1) is 17.3 Å². The Labute approximate surface area is 189 Å². The first kappa shape index (κ1) is 22.1. The molecule has 2 heterocycles. The Bertz CT molecular complexity index is 1060. The van der Waals surface area contributed by atoms with E-state index in [0.717, 1.165) is 36.1 Å². The van der Waals surface area contributed by atoms with E-state index >= 15 is 0 Å². The first-order chi connectivity index (χ1) is 15.3. The number of hydrogen-bond acceptors (Lipinski definition) is 4. The van der Waals surface area contributed by atoms with E-state index in [4.69, 9.17) is 10.4 Å². The Morgan fingerprint density at radius 2 is 1.81 bits per heavy atom. The number of aromatic nitrogens is 2. The Kier molecular flexibility index (Phi) is 6.05. The van der Waals surface area contributed by atoms with Crippen molar-refractivity contribution < 1.29 is 9.59 Å². The van der Waals surface area contributed by atoms with E-state index in [0.29, 0.717) is 30.3 Å². The van der Waals surface area contributed by atoms with Crippen LogP contribution in [0.2, 0.25) is 0 Å². The molecule has 2 fully saturated rings. The van der Waals surface area contributed by atoms with Crippen molar-refractivity contribution in [3.8, 4) is 17.3 Å². The zero-order valence-electron chi connectivity index (χ0n) is 19.3. The largest absolute Gasteiger partial charge is 0.346 e. The molecule has 7 nitrogen and oxygen atoms in total. The van der Waals surface area contributed by atoms with Gasteiger partial charge in [-0.1, -0.05) is 26.0 Å². The van der Waals surface area contributed by atoms with Gasteiger partial charge in [0, 0.05) is 42.2 Å². The fourth-order valence-corrected chi connectivity index (χ4v) is 4.42. The van der Waals surface area contributed by atoms with Crippen molar-refractivity contribution in [2.75, 3.05) is 13.1 Å². The molecule has 32 heavy (non-hydrogen) atoms. The third kappa shape index (κ3) is 4.27. The van der Waals surface area contributed by atoms with E-state index in [1.54, 1.807) is 12.1 Å². The lowest BCUT2D eigenvalue weighted by atomic mass is 10.0. The van der Waals surface area contributed by atoms with E-state index in [2.05, 4.69) is 11.4 Å². The van der Waals surface area contributed by atoms with Crippen molar-refractivity contribution in [3.63, 3.8) is 0 Å². The van der Waals surface area contributed by atoms with Crippen LogP contribution < -0.4 is 5.32 Å². The van der Waals surface area contributed by atoms with Crippen LogP contribution in [0.4, 0.5) is 0 Å². The number of carbonyl (C=O) groups excluding carboxylic acids is 2.